The van der Waals surface area contributed by atoms with E-state index in [0.29, 0.717) is 12.8 Å². The van der Waals surface area contributed by atoms with Crippen LogP contribution in [-0.2, 0) is 28.9 Å². The fourth-order valence-corrected chi connectivity index (χ4v) is 7.25. The number of nitrogens with one attached hydrogen (secondary N) is 1. The molecule has 0 spiro atoms. The van der Waals surface area contributed by atoms with Crippen LogP contribution in [0, 0.1) is 0 Å². The molecule has 1 aliphatic rings. The molecule has 1 saturated heterocycles. The van der Waals surface area contributed by atoms with Crippen molar-refractivity contribution < 1.29 is 57.0 Å². The fraction of sp³-hybridized carbons (Fsp3) is 0.837. The molecule has 14 heteroatoms. The topological polar surface area (TPSA) is 212 Å². The van der Waals surface area contributed by atoms with Crippen molar-refractivity contribution in [3.8, 4) is 0 Å². The molecule has 7 N–H and O–H groups in total. The predicted octanol–water partition coefficient (Wildman–Crippen LogP) is 6.91. The summed E-state index contributed by atoms with van der Waals surface area (Å²) >= 11 is 0. The van der Waals surface area contributed by atoms with Gasteiger partial charge in [-0.05, 0) is 32.1 Å². The van der Waals surface area contributed by atoms with E-state index in [-0.39, 0.29) is 6.42 Å². The van der Waals surface area contributed by atoms with Crippen molar-refractivity contribution in [3.05, 3.63) is 36.5 Å². The van der Waals surface area contributed by atoms with Gasteiger partial charge in [-0.15, -0.1) is 0 Å². The van der Waals surface area contributed by atoms with Crippen molar-refractivity contribution in [1.29, 1.82) is 0 Å². The molecule has 8 atom stereocenters. The minimum Gasteiger partial charge on any atom is -0.394 e. The van der Waals surface area contributed by atoms with Gasteiger partial charge in [0.1, 0.15) is 30.5 Å². The number of carbonyl (C=O) groups is 1. The number of ether oxygens (including phenoxy) is 2. The fourth-order valence-electron chi connectivity index (χ4n) is 6.74. The van der Waals surface area contributed by atoms with E-state index < -0.39 is 78.5 Å². The van der Waals surface area contributed by atoms with Gasteiger partial charge < -0.3 is 40.3 Å². The Kier molecular flexibility index (Phi) is 31.8. The summed E-state index contributed by atoms with van der Waals surface area (Å²) in [7, 11) is -5.12. The van der Waals surface area contributed by atoms with Crippen LogP contribution in [0.2, 0.25) is 0 Å². The molecule has 1 amide bonds. The van der Waals surface area contributed by atoms with Crippen LogP contribution in [0.3, 0.4) is 0 Å². The van der Waals surface area contributed by atoms with E-state index in [9.17, 15) is 38.7 Å². The number of aliphatic hydroxyl groups is 5. The van der Waals surface area contributed by atoms with Crippen LogP contribution in [0.25, 0.3) is 0 Å². The first-order chi connectivity index (χ1) is 27.4. The van der Waals surface area contributed by atoms with Crippen LogP contribution < -0.4 is 5.32 Å². The highest BCUT2D eigenvalue weighted by Gasteiger charge is 2.48. The summed E-state index contributed by atoms with van der Waals surface area (Å²) < 4.78 is 47.4. The van der Waals surface area contributed by atoms with Crippen molar-refractivity contribution in [2.45, 2.75) is 217 Å². The highest BCUT2D eigenvalue weighted by Crippen LogP contribution is 2.26. The quantitative estimate of drug-likeness (QED) is 0.0195. The first-order valence-electron chi connectivity index (χ1n) is 22.0. The Hall–Kier alpha value is -1.72. The number of amides is 1. The molecule has 0 bridgehead atoms. The lowest BCUT2D eigenvalue weighted by atomic mass is 9.99. The second-order valence-electron chi connectivity index (χ2n) is 15.4. The average Bonchev–Trinajstić information content (AvgIpc) is 3.18. The smallest absolute Gasteiger partial charge is 0.394 e. The van der Waals surface area contributed by atoms with Gasteiger partial charge in [-0.25, -0.2) is 4.18 Å². The van der Waals surface area contributed by atoms with Crippen LogP contribution in [-0.4, -0.2) is 107 Å². The van der Waals surface area contributed by atoms with Crippen LogP contribution in [0.5, 0.6) is 0 Å². The lowest BCUT2D eigenvalue weighted by Crippen LogP contribution is -2.61. The van der Waals surface area contributed by atoms with E-state index in [1.165, 1.54) is 109 Å². The molecular formula is C43H79NO12S. The van der Waals surface area contributed by atoms with Gasteiger partial charge in [-0.1, -0.05) is 166 Å². The van der Waals surface area contributed by atoms with Crippen LogP contribution >= 0.6 is 0 Å². The Balaban J connectivity index is 2.68. The molecule has 0 radical (unpaired) electrons. The maximum atomic E-state index is 13.0. The number of rotatable bonds is 36. The van der Waals surface area contributed by atoms with Gasteiger partial charge in [-0.3, -0.25) is 9.35 Å². The Morgan fingerprint density at radius 1 is 0.719 bits per heavy atom. The predicted molar refractivity (Wildman–Crippen MR) is 224 cm³/mol. The van der Waals surface area contributed by atoms with Gasteiger partial charge in [-0.2, -0.15) is 8.42 Å². The standard InChI is InChI=1S/C43H79NO12S/c1-3-5-7-9-11-13-15-17-18-19-20-22-23-25-27-29-31-36(46)35(34-54-43-40(49)41(56-57(51,52)53)39(48)38(33-45)55-43)44-42(50)37(47)32-30-28-26-24-21-16-14-12-10-8-6-4-2/h21,24,28-31,35-41,43,45-49H,3-20,22-23,25-27,32-34H2,1-2H3,(H,44,50)(H,51,52,53)/b24-21-,30-28-,31-29+. The molecule has 57 heavy (non-hydrogen) atoms. The van der Waals surface area contributed by atoms with Gasteiger partial charge in [0.05, 0.1) is 25.4 Å². The van der Waals surface area contributed by atoms with Crippen LogP contribution in [0.1, 0.15) is 168 Å². The zero-order valence-electron chi connectivity index (χ0n) is 35.0. The highest BCUT2D eigenvalue weighted by atomic mass is 32.3. The van der Waals surface area contributed by atoms with Crippen LogP contribution in [0.15, 0.2) is 36.5 Å². The van der Waals surface area contributed by atoms with Crippen LogP contribution in [0.4, 0.5) is 0 Å². The molecule has 0 aromatic carbocycles. The zero-order valence-corrected chi connectivity index (χ0v) is 35.8. The van der Waals surface area contributed by atoms with Crippen molar-refractivity contribution in [3.63, 3.8) is 0 Å². The van der Waals surface area contributed by atoms with Gasteiger partial charge in [0.2, 0.25) is 5.91 Å². The summed E-state index contributed by atoms with van der Waals surface area (Å²) in [6.45, 7) is 3.15. The van der Waals surface area contributed by atoms with E-state index in [0.717, 1.165) is 32.1 Å². The van der Waals surface area contributed by atoms with Gasteiger partial charge in [0.25, 0.3) is 0 Å². The number of aliphatic hydroxyl groups excluding tert-OH is 5. The zero-order chi connectivity index (χ0) is 42.2. The van der Waals surface area contributed by atoms with Crippen molar-refractivity contribution in [2.24, 2.45) is 0 Å². The summed E-state index contributed by atoms with van der Waals surface area (Å²) in [5.41, 5.74) is 0. The molecule has 1 aliphatic heterocycles. The molecule has 1 rings (SSSR count). The van der Waals surface area contributed by atoms with E-state index in [2.05, 4.69) is 35.5 Å². The number of carbonyl (C=O) groups excluding carboxylic acids is 1. The molecule has 0 aromatic heterocycles. The SMILES string of the molecule is CCCCCCCC/C=C\C/C=C\CC(O)C(=O)NC(COC1OC(CO)C(O)C(OS(=O)(=O)O)C1O)C(O)/C=C/CCCCCCCCCCCCCCCC. The molecule has 1 heterocycles. The highest BCUT2D eigenvalue weighted by molar-refractivity contribution is 7.80. The van der Waals surface area contributed by atoms with E-state index in [1.807, 2.05) is 12.2 Å². The largest absolute Gasteiger partial charge is 0.397 e. The minimum absolute atomic E-state index is 0.0326. The summed E-state index contributed by atoms with van der Waals surface area (Å²) in [5, 5.41) is 54.9. The van der Waals surface area contributed by atoms with E-state index in [4.69, 9.17) is 14.0 Å². The monoisotopic (exact) mass is 834 g/mol. The van der Waals surface area contributed by atoms with Crippen molar-refractivity contribution in [1.82, 2.24) is 5.32 Å². The third-order valence-electron chi connectivity index (χ3n) is 10.3. The number of hydrogen-bond acceptors (Lipinski definition) is 11. The Labute approximate surface area is 344 Å². The first-order valence-corrected chi connectivity index (χ1v) is 23.3. The molecule has 0 saturated carbocycles. The second kappa shape index (κ2) is 34.0. The Morgan fingerprint density at radius 3 is 1.72 bits per heavy atom. The molecule has 13 nitrogen and oxygen atoms in total. The normalized spacial score (nSPS) is 22.1. The Bertz CT molecular complexity index is 1180. The number of unbranched alkanes of at least 4 members (excludes halogenated alkanes) is 20. The lowest BCUT2D eigenvalue weighted by molar-refractivity contribution is -0.298. The average molecular weight is 834 g/mol. The first kappa shape index (κ1) is 53.3. The van der Waals surface area contributed by atoms with Gasteiger partial charge >= 0.3 is 10.4 Å². The summed E-state index contributed by atoms with van der Waals surface area (Å²) in [5.74, 6) is -0.771. The van der Waals surface area contributed by atoms with Gasteiger partial charge in [0, 0.05) is 6.42 Å². The maximum Gasteiger partial charge on any atom is 0.397 e. The molecule has 0 aliphatic carbocycles. The number of hydrogen-bond donors (Lipinski definition) is 7. The molecule has 8 unspecified atom stereocenters. The minimum atomic E-state index is -5.12. The molecule has 0 aromatic rings. The summed E-state index contributed by atoms with van der Waals surface area (Å²) in [4.78, 5) is 13.0. The Morgan fingerprint density at radius 2 is 1.21 bits per heavy atom. The van der Waals surface area contributed by atoms with Gasteiger partial charge in [0.15, 0.2) is 6.29 Å². The van der Waals surface area contributed by atoms with E-state index >= 15 is 0 Å². The van der Waals surface area contributed by atoms with Crippen molar-refractivity contribution >= 4 is 16.3 Å². The maximum absolute atomic E-state index is 13.0. The molecular weight excluding hydrogens is 755 g/mol. The third kappa shape index (κ3) is 26.9. The second-order valence-corrected chi connectivity index (χ2v) is 16.5. The van der Waals surface area contributed by atoms with E-state index in [1.54, 1.807) is 6.08 Å². The summed E-state index contributed by atoms with van der Waals surface area (Å²) in [6, 6.07) is -1.15. The molecule has 334 valence electrons. The van der Waals surface area contributed by atoms with Crippen molar-refractivity contribution in [2.75, 3.05) is 13.2 Å². The lowest BCUT2D eigenvalue weighted by Gasteiger charge is -2.41. The third-order valence-corrected chi connectivity index (χ3v) is 10.7. The summed E-state index contributed by atoms with van der Waals surface area (Å²) in [6.07, 6.45) is 26.8. The molecule has 1 fully saturated rings. The number of allylic oxidation sites excluding steroid dienone is 4.